The third-order valence-electron chi connectivity index (χ3n) is 3.76. The summed E-state index contributed by atoms with van der Waals surface area (Å²) in [5.74, 6) is 0. The van der Waals surface area contributed by atoms with E-state index in [2.05, 4.69) is 24.3 Å². The monoisotopic (exact) mass is 315 g/mol. The summed E-state index contributed by atoms with van der Waals surface area (Å²) in [5.41, 5.74) is -1.19. The summed E-state index contributed by atoms with van der Waals surface area (Å²) in [6, 6.07) is 0. The first kappa shape index (κ1) is 19.2. The molecule has 0 saturated carbocycles. The number of hydrogen-bond acceptors (Lipinski definition) is 5. The molecule has 0 aromatic carbocycles. The molecule has 0 aliphatic carbocycles. The lowest BCUT2D eigenvalue weighted by Crippen LogP contribution is -2.52. The van der Waals surface area contributed by atoms with Crippen molar-refractivity contribution < 1.29 is 14.6 Å². The van der Waals surface area contributed by atoms with Gasteiger partial charge in [0.05, 0.1) is 5.60 Å². The molecular formula is C16H33N3O3. The summed E-state index contributed by atoms with van der Waals surface area (Å²) in [6.45, 7) is 9.21. The first-order chi connectivity index (χ1) is 10.1. The molecule has 2 N–H and O–H groups in total. The van der Waals surface area contributed by atoms with E-state index in [1.54, 1.807) is 4.90 Å². The molecule has 6 nitrogen and oxygen atoms in total. The second-order valence-electron chi connectivity index (χ2n) is 7.53. The number of rotatable bonds is 6. The van der Waals surface area contributed by atoms with E-state index in [1.165, 1.54) is 0 Å². The topological polar surface area (TPSA) is 65.0 Å². The van der Waals surface area contributed by atoms with Gasteiger partial charge in [0.1, 0.15) is 5.60 Å². The molecule has 0 radical (unpaired) electrons. The summed E-state index contributed by atoms with van der Waals surface area (Å²) in [5, 5.41) is 13.9. The molecule has 1 heterocycles. The number of carbonyl (C=O) groups is 1. The van der Waals surface area contributed by atoms with Crippen molar-refractivity contribution in [2.45, 2.75) is 51.2 Å². The molecule has 1 amide bonds. The van der Waals surface area contributed by atoms with Crippen molar-refractivity contribution in [3.63, 3.8) is 0 Å². The van der Waals surface area contributed by atoms with Gasteiger partial charge in [0, 0.05) is 19.6 Å². The maximum Gasteiger partial charge on any atom is 0.410 e. The molecule has 0 aromatic heterocycles. The Morgan fingerprint density at radius 2 is 1.91 bits per heavy atom. The van der Waals surface area contributed by atoms with Crippen LogP contribution in [-0.2, 0) is 4.74 Å². The second-order valence-corrected chi connectivity index (χ2v) is 7.53. The van der Waals surface area contributed by atoms with Gasteiger partial charge in [-0.1, -0.05) is 0 Å². The van der Waals surface area contributed by atoms with Crippen LogP contribution >= 0.6 is 0 Å². The number of nitrogens with one attached hydrogen (secondary N) is 1. The molecule has 0 bridgehead atoms. The van der Waals surface area contributed by atoms with E-state index in [0.717, 1.165) is 19.5 Å². The van der Waals surface area contributed by atoms with Crippen molar-refractivity contribution >= 4 is 6.09 Å². The standard InChI is InChI=1S/C16H33N3O3/c1-15(2,3)22-14(20)19-11-7-16(21,8-12-19)13-17-9-6-10-18(4)5/h17,21H,6-13H2,1-5H3. The van der Waals surface area contributed by atoms with Crippen molar-refractivity contribution in [3.8, 4) is 0 Å². The van der Waals surface area contributed by atoms with E-state index < -0.39 is 11.2 Å². The highest BCUT2D eigenvalue weighted by Crippen LogP contribution is 2.23. The minimum Gasteiger partial charge on any atom is -0.444 e. The number of carbonyl (C=O) groups excluding carboxylic acids is 1. The first-order valence-electron chi connectivity index (χ1n) is 8.17. The van der Waals surface area contributed by atoms with Gasteiger partial charge in [-0.2, -0.15) is 0 Å². The Morgan fingerprint density at radius 1 is 1.32 bits per heavy atom. The van der Waals surface area contributed by atoms with E-state index >= 15 is 0 Å². The average molecular weight is 315 g/mol. The van der Waals surface area contributed by atoms with Crippen molar-refractivity contribution in [1.82, 2.24) is 15.1 Å². The van der Waals surface area contributed by atoms with Crippen molar-refractivity contribution in [2.24, 2.45) is 0 Å². The third-order valence-corrected chi connectivity index (χ3v) is 3.76. The van der Waals surface area contributed by atoms with Crippen molar-refractivity contribution in [3.05, 3.63) is 0 Å². The van der Waals surface area contributed by atoms with Crippen LogP contribution in [0.4, 0.5) is 4.79 Å². The van der Waals surface area contributed by atoms with E-state index in [4.69, 9.17) is 4.74 Å². The number of aliphatic hydroxyl groups is 1. The predicted molar refractivity (Wildman–Crippen MR) is 88.0 cm³/mol. The van der Waals surface area contributed by atoms with E-state index in [0.29, 0.717) is 32.5 Å². The number of nitrogens with zero attached hydrogens (tertiary/aromatic N) is 2. The fraction of sp³-hybridized carbons (Fsp3) is 0.938. The van der Waals surface area contributed by atoms with E-state index in [9.17, 15) is 9.90 Å². The van der Waals surface area contributed by atoms with Gasteiger partial charge in [-0.05, 0) is 67.2 Å². The van der Waals surface area contributed by atoms with Crippen LogP contribution in [-0.4, -0.2) is 79.0 Å². The van der Waals surface area contributed by atoms with Gasteiger partial charge in [-0.25, -0.2) is 4.79 Å². The van der Waals surface area contributed by atoms with Crippen LogP contribution < -0.4 is 5.32 Å². The average Bonchev–Trinajstić information content (AvgIpc) is 2.36. The number of piperidine rings is 1. The molecule has 130 valence electrons. The highest BCUT2D eigenvalue weighted by Gasteiger charge is 2.34. The van der Waals surface area contributed by atoms with Gasteiger partial charge in [0.2, 0.25) is 0 Å². The van der Waals surface area contributed by atoms with E-state index in [-0.39, 0.29) is 6.09 Å². The molecular weight excluding hydrogens is 282 g/mol. The smallest absolute Gasteiger partial charge is 0.410 e. The molecule has 0 unspecified atom stereocenters. The van der Waals surface area contributed by atoms with Gasteiger partial charge in [0.25, 0.3) is 0 Å². The largest absolute Gasteiger partial charge is 0.444 e. The Morgan fingerprint density at radius 3 is 2.41 bits per heavy atom. The Labute approximate surface area is 134 Å². The minimum atomic E-state index is -0.712. The van der Waals surface area contributed by atoms with Crippen LogP contribution in [0.2, 0.25) is 0 Å². The SMILES string of the molecule is CN(C)CCCNCC1(O)CCN(C(=O)OC(C)(C)C)CC1. The molecule has 0 spiro atoms. The Balaban J connectivity index is 2.26. The lowest BCUT2D eigenvalue weighted by Gasteiger charge is -2.38. The summed E-state index contributed by atoms with van der Waals surface area (Å²) in [4.78, 5) is 15.8. The molecule has 22 heavy (non-hydrogen) atoms. The van der Waals surface area contributed by atoms with Gasteiger partial charge >= 0.3 is 6.09 Å². The maximum absolute atomic E-state index is 12.0. The molecule has 0 aromatic rings. The molecule has 1 fully saturated rings. The Bertz CT molecular complexity index is 345. The van der Waals surface area contributed by atoms with E-state index in [1.807, 2.05) is 20.8 Å². The molecule has 0 atom stereocenters. The fourth-order valence-corrected chi connectivity index (χ4v) is 2.45. The number of amides is 1. The quantitative estimate of drug-likeness (QED) is 0.723. The molecule has 1 saturated heterocycles. The van der Waals surface area contributed by atoms with Gasteiger partial charge in [-0.15, -0.1) is 0 Å². The molecule has 1 aliphatic rings. The van der Waals surface area contributed by atoms with Gasteiger partial charge in [0.15, 0.2) is 0 Å². The fourth-order valence-electron chi connectivity index (χ4n) is 2.45. The van der Waals surface area contributed by atoms with Crippen molar-refractivity contribution in [1.29, 1.82) is 0 Å². The number of ether oxygens (including phenoxy) is 1. The number of likely N-dealkylation sites (tertiary alicyclic amines) is 1. The highest BCUT2D eigenvalue weighted by atomic mass is 16.6. The zero-order chi connectivity index (χ0) is 16.8. The molecule has 1 rings (SSSR count). The van der Waals surface area contributed by atoms with Gasteiger partial charge < -0.3 is 25.0 Å². The third kappa shape index (κ3) is 7.42. The lowest BCUT2D eigenvalue weighted by molar-refractivity contribution is -0.0308. The molecule has 6 heteroatoms. The van der Waals surface area contributed by atoms with Crippen LogP contribution in [0.3, 0.4) is 0 Å². The Kier molecular flexibility index (Phi) is 7.09. The van der Waals surface area contributed by atoms with Gasteiger partial charge in [-0.3, -0.25) is 0 Å². The predicted octanol–water partition coefficient (Wildman–Crippen LogP) is 1.29. The second kappa shape index (κ2) is 8.13. The highest BCUT2D eigenvalue weighted by molar-refractivity contribution is 5.68. The summed E-state index contributed by atoms with van der Waals surface area (Å²) in [7, 11) is 4.11. The lowest BCUT2D eigenvalue weighted by atomic mass is 9.91. The number of hydrogen-bond donors (Lipinski definition) is 2. The van der Waals surface area contributed by atoms with Crippen LogP contribution in [0.1, 0.15) is 40.0 Å². The van der Waals surface area contributed by atoms with Crippen LogP contribution in [0.15, 0.2) is 0 Å². The minimum absolute atomic E-state index is 0.284. The zero-order valence-electron chi connectivity index (χ0n) is 14.8. The summed E-state index contributed by atoms with van der Waals surface area (Å²) in [6.07, 6.45) is 1.96. The first-order valence-corrected chi connectivity index (χ1v) is 8.17. The summed E-state index contributed by atoms with van der Waals surface area (Å²) < 4.78 is 5.37. The van der Waals surface area contributed by atoms with Crippen LogP contribution in [0, 0.1) is 0 Å². The Hall–Kier alpha value is -0.850. The summed E-state index contributed by atoms with van der Waals surface area (Å²) >= 11 is 0. The van der Waals surface area contributed by atoms with Crippen LogP contribution in [0.25, 0.3) is 0 Å². The molecule has 1 aliphatic heterocycles. The van der Waals surface area contributed by atoms with Crippen molar-refractivity contribution in [2.75, 3.05) is 46.8 Å². The normalized spacial score (nSPS) is 18.6. The maximum atomic E-state index is 12.0. The zero-order valence-corrected chi connectivity index (χ0v) is 14.8. The van der Waals surface area contributed by atoms with Crippen LogP contribution in [0.5, 0.6) is 0 Å².